The SMILES string of the molecule is CC(C)N(C)CC(=O)c1ccc(I)cc1. The van der Waals surface area contributed by atoms with Crippen LogP contribution in [0.3, 0.4) is 0 Å². The van der Waals surface area contributed by atoms with E-state index in [4.69, 9.17) is 0 Å². The monoisotopic (exact) mass is 317 g/mol. The minimum absolute atomic E-state index is 0.183. The Kier molecular flexibility index (Phi) is 4.73. The molecule has 0 aliphatic heterocycles. The Bertz CT molecular complexity index is 332. The van der Waals surface area contributed by atoms with Crippen LogP contribution in [0.1, 0.15) is 24.2 Å². The summed E-state index contributed by atoms with van der Waals surface area (Å²) in [4.78, 5) is 13.9. The van der Waals surface area contributed by atoms with E-state index in [0.29, 0.717) is 12.6 Å². The Balaban J connectivity index is 2.65. The first kappa shape index (κ1) is 12.6. The summed E-state index contributed by atoms with van der Waals surface area (Å²) >= 11 is 2.23. The van der Waals surface area contributed by atoms with E-state index in [1.54, 1.807) is 0 Å². The minimum Gasteiger partial charge on any atom is -0.296 e. The Hall–Kier alpha value is -0.420. The highest BCUT2D eigenvalue weighted by atomic mass is 127. The zero-order valence-electron chi connectivity index (χ0n) is 9.33. The molecule has 1 rings (SSSR count). The molecular weight excluding hydrogens is 301 g/mol. The molecule has 0 unspecified atom stereocenters. The minimum atomic E-state index is 0.183. The van der Waals surface area contributed by atoms with Crippen molar-refractivity contribution in [3.05, 3.63) is 33.4 Å². The second-order valence-electron chi connectivity index (χ2n) is 3.94. The summed E-state index contributed by atoms with van der Waals surface area (Å²) in [7, 11) is 1.97. The van der Waals surface area contributed by atoms with Gasteiger partial charge in [0.05, 0.1) is 6.54 Å². The van der Waals surface area contributed by atoms with Gasteiger partial charge in [-0.2, -0.15) is 0 Å². The molecule has 0 spiro atoms. The summed E-state index contributed by atoms with van der Waals surface area (Å²) in [5, 5.41) is 0. The summed E-state index contributed by atoms with van der Waals surface area (Å²) in [5.74, 6) is 0.183. The van der Waals surface area contributed by atoms with Crippen molar-refractivity contribution >= 4 is 28.4 Å². The molecule has 0 aliphatic rings. The van der Waals surface area contributed by atoms with Crippen LogP contribution in [0.2, 0.25) is 0 Å². The number of likely N-dealkylation sites (N-methyl/N-ethyl adjacent to an activating group) is 1. The fourth-order valence-corrected chi connectivity index (χ4v) is 1.50. The lowest BCUT2D eigenvalue weighted by Gasteiger charge is -2.19. The van der Waals surface area contributed by atoms with Crippen LogP contribution >= 0.6 is 22.6 Å². The molecule has 15 heavy (non-hydrogen) atoms. The highest BCUT2D eigenvalue weighted by Crippen LogP contribution is 2.08. The molecule has 0 amide bonds. The molecule has 0 heterocycles. The lowest BCUT2D eigenvalue weighted by molar-refractivity contribution is 0.0929. The van der Waals surface area contributed by atoms with Crippen LogP contribution in [0.25, 0.3) is 0 Å². The maximum atomic E-state index is 11.8. The van der Waals surface area contributed by atoms with Crippen LogP contribution in [0, 0.1) is 3.57 Å². The molecule has 0 aliphatic carbocycles. The molecule has 2 nitrogen and oxygen atoms in total. The zero-order valence-corrected chi connectivity index (χ0v) is 11.5. The fourth-order valence-electron chi connectivity index (χ4n) is 1.14. The third-order valence-electron chi connectivity index (χ3n) is 2.44. The van der Waals surface area contributed by atoms with Gasteiger partial charge in [-0.25, -0.2) is 0 Å². The van der Waals surface area contributed by atoms with Crippen LogP contribution in [0.4, 0.5) is 0 Å². The predicted octanol–water partition coefficient (Wildman–Crippen LogP) is 2.81. The van der Waals surface area contributed by atoms with Gasteiger partial charge in [-0.1, -0.05) is 12.1 Å². The topological polar surface area (TPSA) is 20.3 Å². The van der Waals surface area contributed by atoms with E-state index < -0.39 is 0 Å². The van der Waals surface area contributed by atoms with Gasteiger partial charge in [0.15, 0.2) is 5.78 Å². The van der Waals surface area contributed by atoms with Crippen LogP contribution in [-0.4, -0.2) is 30.3 Å². The van der Waals surface area contributed by atoms with E-state index in [1.807, 2.05) is 36.2 Å². The molecule has 0 atom stereocenters. The molecular formula is C12H16INO. The Morgan fingerprint density at radius 1 is 1.33 bits per heavy atom. The van der Waals surface area contributed by atoms with Crippen LogP contribution in [0.5, 0.6) is 0 Å². The third-order valence-corrected chi connectivity index (χ3v) is 3.16. The number of carbonyl (C=O) groups excluding carboxylic acids is 1. The van der Waals surface area contributed by atoms with Gasteiger partial charge in [-0.05, 0) is 55.6 Å². The molecule has 0 fully saturated rings. The number of hydrogen-bond acceptors (Lipinski definition) is 2. The summed E-state index contributed by atoms with van der Waals surface area (Å²) in [5.41, 5.74) is 0.794. The fraction of sp³-hybridized carbons (Fsp3) is 0.417. The van der Waals surface area contributed by atoms with Crippen molar-refractivity contribution in [3.63, 3.8) is 0 Å². The van der Waals surface area contributed by atoms with Crippen molar-refractivity contribution < 1.29 is 4.79 Å². The van der Waals surface area contributed by atoms with E-state index in [9.17, 15) is 4.79 Å². The average Bonchev–Trinajstić information content (AvgIpc) is 2.18. The number of ketones is 1. The second kappa shape index (κ2) is 5.61. The van der Waals surface area contributed by atoms with Gasteiger partial charge in [0.25, 0.3) is 0 Å². The standard InChI is InChI=1S/C12H16INO/c1-9(2)14(3)8-12(15)10-4-6-11(13)7-5-10/h4-7,9H,8H2,1-3H3. The van der Waals surface area contributed by atoms with Gasteiger partial charge in [-0.15, -0.1) is 0 Å². The van der Waals surface area contributed by atoms with E-state index >= 15 is 0 Å². The first-order valence-electron chi connectivity index (χ1n) is 4.99. The van der Waals surface area contributed by atoms with Crippen molar-refractivity contribution in [2.45, 2.75) is 19.9 Å². The van der Waals surface area contributed by atoms with Gasteiger partial charge in [0.2, 0.25) is 0 Å². The molecule has 0 saturated heterocycles. The molecule has 82 valence electrons. The summed E-state index contributed by atoms with van der Waals surface area (Å²) < 4.78 is 1.15. The molecule has 0 N–H and O–H groups in total. The lowest BCUT2D eigenvalue weighted by atomic mass is 10.1. The number of hydrogen-bond donors (Lipinski definition) is 0. The lowest BCUT2D eigenvalue weighted by Crippen LogP contribution is -2.31. The molecule has 1 aromatic rings. The second-order valence-corrected chi connectivity index (χ2v) is 5.18. The van der Waals surface area contributed by atoms with Crippen molar-refractivity contribution in [3.8, 4) is 0 Å². The number of nitrogens with zero attached hydrogens (tertiary/aromatic N) is 1. The quantitative estimate of drug-likeness (QED) is 0.629. The van der Waals surface area contributed by atoms with Gasteiger partial charge < -0.3 is 0 Å². The predicted molar refractivity (Wildman–Crippen MR) is 71.3 cm³/mol. The molecule has 0 saturated carbocycles. The normalized spacial score (nSPS) is 11.1. The Morgan fingerprint density at radius 3 is 2.33 bits per heavy atom. The Labute approximate surface area is 105 Å². The molecule has 0 aromatic heterocycles. The van der Waals surface area contributed by atoms with Crippen LogP contribution < -0.4 is 0 Å². The largest absolute Gasteiger partial charge is 0.296 e. The molecule has 0 radical (unpaired) electrons. The van der Waals surface area contributed by atoms with E-state index in [1.165, 1.54) is 0 Å². The highest BCUT2D eigenvalue weighted by molar-refractivity contribution is 14.1. The number of rotatable bonds is 4. The van der Waals surface area contributed by atoms with E-state index in [2.05, 4.69) is 36.4 Å². The number of carbonyl (C=O) groups is 1. The van der Waals surface area contributed by atoms with Crippen molar-refractivity contribution in [2.24, 2.45) is 0 Å². The number of halogens is 1. The van der Waals surface area contributed by atoms with Crippen LogP contribution in [-0.2, 0) is 0 Å². The summed E-state index contributed by atoms with van der Waals surface area (Å²) in [6.07, 6.45) is 0. The number of benzene rings is 1. The van der Waals surface area contributed by atoms with Gasteiger partial charge in [0.1, 0.15) is 0 Å². The molecule has 0 bridgehead atoms. The molecule has 3 heteroatoms. The van der Waals surface area contributed by atoms with Crippen LogP contribution in [0.15, 0.2) is 24.3 Å². The van der Waals surface area contributed by atoms with E-state index in [-0.39, 0.29) is 5.78 Å². The summed E-state index contributed by atoms with van der Waals surface area (Å²) in [6, 6.07) is 8.10. The van der Waals surface area contributed by atoms with Crippen molar-refractivity contribution in [2.75, 3.05) is 13.6 Å². The van der Waals surface area contributed by atoms with Gasteiger partial charge in [0, 0.05) is 15.2 Å². The van der Waals surface area contributed by atoms with Gasteiger partial charge >= 0.3 is 0 Å². The third kappa shape index (κ3) is 3.91. The van der Waals surface area contributed by atoms with Crippen molar-refractivity contribution in [1.29, 1.82) is 0 Å². The zero-order chi connectivity index (χ0) is 11.4. The smallest absolute Gasteiger partial charge is 0.176 e. The van der Waals surface area contributed by atoms with Crippen molar-refractivity contribution in [1.82, 2.24) is 4.90 Å². The summed E-state index contributed by atoms with van der Waals surface area (Å²) in [6.45, 7) is 4.65. The average molecular weight is 317 g/mol. The number of Topliss-reactive ketones (excluding diaryl/α,β-unsaturated/α-hetero) is 1. The first-order chi connectivity index (χ1) is 7.00. The highest BCUT2D eigenvalue weighted by Gasteiger charge is 2.10. The first-order valence-corrected chi connectivity index (χ1v) is 6.07. The maximum absolute atomic E-state index is 11.8. The van der Waals surface area contributed by atoms with E-state index in [0.717, 1.165) is 9.13 Å². The Morgan fingerprint density at radius 2 is 1.87 bits per heavy atom. The maximum Gasteiger partial charge on any atom is 0.176 e. The van der Waals surface area contributed by atoms with Gasteiger partial charge in [-0.3, -0.25) is 9.69 Å². The molecule has 1 aromatic carbocycles.